The third-order valence-corrected chi connectivity index (χ3v) is 17.7. The monoisotopic (exact) mass is 812 g/mol. The summed E-state index contributed by atoms with van der Waals surface area (Å²) in [4.78, 5) is 13.9. The first-order valence-corrected chi connectivity index (χ1v) is 21.2. The van der Waals surface area contributed by atoms with E-state index in [1.165, 1.54) is 0 Å². The minimum atomic E-state index is -2.93. The first-order chi connectivity index (χ1) is 25.0. The lowest BCUT2D eigenvalue weighted by Gasteiger charge is -2.44. The van der Waals surface area contributed by atoms with Crippen LogP contribution in [0.4, 0.5) is 14.6 Å². The summed E-state index contributed by atoms with van der Waals surface area (Å²) in [7, 11) is -2.93. The van der Waals surface area contributed by atoms with Crippen LogP contribution >= 0.6 is 27.5 Å². The second kappa shape index (κ2) is 14.1. The predicted molar refractivity (Wildman–Crippen MR) is 205 cm³/mol. The average molecular weight is 814 g/mol. The van der Waals surface area contributed by atoms with Gasteiger partial charge in [0.05, 0.1) is 41.2 Å². The molecule has 5 heterocycles. The number of halogens is 4. The summed E-state index contributed by atoms with van der Waals surface area (Å²) >= 11 is 10.3. The maximum absolute atomic E-state index is 16.3. The first kappa shape index (κ1) is 36.1. The fraction of sp³-hybridized carbons (Fsp3) is 0.487. The first-order valence-electron chi connectivity index (χ1n) is 18.2. The molecule has 52 heavy (non-hydrogen) atoms. The molecule has 3 fully saturated rings. The molecule has 0 aliphatic carbocycles. The molecule has 1 aromatic heterocycles. The van der Waals surface area contributed by atoms with E-state index < -0.39 is 31.9 Å². The minimum absolute atomic E-state index is 0.0380. The van der Waals surface area contributed by atoms with Crippen molar-refractivity contribution in [1.29, 1.82) is 0 Å². The molecular formula is C39H44BrClF2N4O4Si. The molecule has 8 rings (SSSR count). The highest BCUT2D eigenvalue weighted by Crippen LogP contribution is 2.48. The summed E-state index contributed by atoms with van der Waals surface area (Å²) in [6, 6.07) is 20.9. The molecule has 0 spiro atoms. The lowest BCUT2D eigenvalue weighted by molar-refractivity contribution is 0.107. The lowest BCUT2D eigenvalue weighted by Crippen LogP contribution is -2.67. The Morgan fingerprint density at radius 1 is 1.06 bits per heavy atom. The molecule has 0 N–H and O–H groups in total. The third kappa shape index (κ3) is 6.20. The Morgan fingerprint density at radius 2 is 1.77 bits per heavy atom. The number of hydrogen-bond acceptors (Lipinski definition) is 8. The Balaban J connectivity index is 1.20. The smallest absolute Gasteiger partial charge is 0.319 e. The van der Waals surface area contributed by atoms with Gasteiger partial charge in [-0.15, -0.1) is 0 Å². The van der Waals surface area contributed by atoms with E-state index in [-0.39, 0.29) is 45.3 Å². The van der Waals surface area contributed by atoms with Gasteiger partial charge in [-0.2, -0.15) is 9.97 Å². The topological polar surface area (TPSA) is 69.2 Å². The standard InChI is InChI=1S/C39H44BrClF2N4O4Si/c1-38(2,3)52(28-11-6-4-7-12-28,29-13-8-5-9-14-29)50-23-27-21-47(26-15-18-48-22-26)36-30-34(33(43)31(40)32(41)35(30)51-27)44-37(45-36)49-24-39-16-10-17-46(39)20-25(42)19-39/h4-9,11-14,25-27H,10,15-24H2,1-3H3/t25-,26?,27?,39+/m1/s1. The highest BCUT2D eigenvalue weighted by atomic mass is 79.9. The number of alkyl halides is 1. The quantitative estimate of drug-likeness (QED) is 0.131. The van der Waals surface area contributed by atoms with Crippen LogP contribution in [0.15, 0.2) is 65.1 Å². The van der Waals surface area contributed by atoms with Gasteiger partial charge in [-0.25, -0.2) is 8.78 Å². The molecule has 8 nitrogen and oxygen atoms in total. The second-order valence-corrected chi connectivity index (χ2v) is 21.0. The molecule has 276 valence electrons. The lowest BCUT2D eigenvalue weighted by atomic mass is 9.95. The molecule has 2 unspecified atom stereocenters. The van der Waals surface area contributed by atoms with Gasteiger partial charge < -0.3 is 23.5 Å². The zero-order valence-electron chi connectivity index (χ0n) is 29.7. The largest absolute Gasteiger partial charge is 0.484 e. The highest BCUT2D eigenvalue weighted by Gasteiger charge is 2.52. The molecule has 4 aromatic rings. The van der Waals surface area contributed by atoms with Crippen LogP contribution in [0.25, 0.3) is 10.9 Å². The second-order valence-electron chi connectivity index (χ2n) is 15.6. The average Bonchev–Trinajstić information content (AvgIpc) is 3.85. The van der Waals surface area contributed by atoms with Crippen LogP contribution in [0.5, 0.6) is 11.8 Å². The van der Waals surface area contributed by atoms with Gasteiger partial charge in [0.25, 0.3) is 8.32 Å². The highest BCUT2D eigenvalue weighted by molar-refractivity contribution is 9.10. The van der Waals surface area contributed by atoms with Gasteiger partial charge in [0, 0.05) is 19.6 Å². The van der Waals surface area contributed by atoms with E-state index in [1.54, 1.807) is 0 Å². The Labute approximate surface area is 318 Å². The predicted octanol–water partition coefficient (Wildman–Crippen LogP) is 7.07. The van der Waals surface area contributed by atoms with Crippen LogP contribution < -0.4 is 24.7 Å². The van der Waals surface area contributed by atoms with Gasteiger partial charge in [0.2, 0.25) is 0 Å². The van der Waals surface area contributed by atoms with E-state index in [9.17, 15) is 4.39 Å². The van der Waals surface area contributed by atoms with Crippen LogP contribution in [0.3, 0.4) is 0 Å². The number of benzene rings is 3. The fourth-order valence-electron chi connectivity index (χ4n) is 8.90. The van der Waals surface area contributed by atoms with Crippen molar-refractivity contribution in [2.45, 2.75) is 75.3 Å². The van der Waals surface area contributed by atoms with Crippen molar-refractivity contribution in [3.8, 4) is 11.8 Å². The molecule has 3 saturated heterocycles. The van der Waals surface area contributed by atoms with Crippen molar-refractivity contribution in [2.24, 2.45) is 0 Å². The van der Waals surface area contributed by atoms with Crippen molar-refractivity contribution in [1.82, 2.24) is 14.9 Å². The van der Waals surface area contributed by atoms with E-state index in [1.807, 2.05) is 12.1 Å². The molecular weight excluding hydrogens is 770 g/mol. The van der Waals surface area contributed by atoms with Crippen LogP contribution in [0, 0.1) is 5.82 Å². The van der Waals surface area contributed by atoms with Gasteiger partial charge in [-0.3, -0.25) is 4.90 Å². The van der Waals surface area contributed by atoms with Gasteiger partial charge in [0.1, 0.15) is 35.2 Å². The van der Waals surface area contributed by atoms with Crippen molar-refractivity contribution in [3.63, 3.8) is 0 Å². The number of nitrogens with zero attached hydrogens (tertiary/aromatic N) is 4. The molecule has 13 heteroatoms. The fourth-order valence-corrected chi connectivity index (χ4v) is 14.1. The summed E-state index contributed by atoms with van der Waals surface area (Å²) in [5.41, 5.74) is -0.374. The summed E-state index contributed by atoms with van der Waals surface area (Å²) in [5.74, 6) is 0.138. The van der Waals surface area contributed by atoms with Crippen LogP contribution in [-0.4, -0.2) is 93.1 Å². The molecule has 3 aromatic carbocycles. The Kier molecular flexibility index (Phi) is 9.78. The van der Waals surface area contributed by atoms with E-state index in [0.717, 1.165) is 36.2 Å². The van der Waals surface area contributed by atoms with Gasteiger partial charge in [0.15, 0.2) is 11.6 Å². The summed E-state index contributed by atoms with van der Waals surface area (Å²) in [6.07, 6.45) is 1.54. The van der Waals surface area contributed by atoms with E-state index in [2.05, 4.69) is 100 Å². The normalized spacial score (nSPS) is 25.0. The van der Waals surface area contributed by atoms with E-state index in [0.29, 0.717) is 49.7 Å². The van der Waals surface area contributed by atoms with Gasteiger partial charge in [-0.05, 0) is 57.1 Å². The number of fused-ring (bicyclic) bond motifs is 1. The van der Waals surface area contributed by atoms with Crippen LogP contribution in [-0.2, 0) is 9.16 Å². The minimum Gasteiger partial charge on any atom is -0.484 e. The van der Waals surface area contributed by atoms with Crippen molar-refractivity contribution >= 4 is 62.9 Å². The maximum atomic E-state index is 16.3. The Hall–Kier alpha value is -2.87. The van der Waals surface area contributed by atoms with Crippen LogP contribution in [0.2, 0.25) is 10.1 Å². The molecule has 0 saturated carbocycles. The summed E-state index contributed by atoms with van der Waals surface area (Å²) in [6.45, 7) is 9.86. The molecule has 4 aliphatic rings. The van der Waals surface area contributed by atoms with Crippen molar-refractivity contribution in [3.05, 3.63) is 76.0 Å². The summed E-state index contributed by atoms with van der Waals surface area (Å²) < 4.78 is 57.3. The van der Waals surface area contributed by atoms with Crippen molar-refractivity contribution in [2.75, 3.05) is 51.0 Å². The SMILES string of the molecule is CC(C)(C)[Si](OCC1CN(C2CCOC2)c2nc(OC[C@@]34CCCN3C[C@H](F)C4)nc3c(F)c(Br)c(Cl)c(c23)O1)(c1ccccc1)c1ccccc1. The van der Waals surface area contributed by atoms with Crippen molar-refractivity contribution < 1.29 is 27.4 Å². The molecule has 4 aliphatic heterocycles. The number of hydrogen-bond donors (Lipinski definition) is 0. The molecule has 0 amide bonds. The molecule has 0 bridgehead atoms. The number of ether oxygens (including phenoxy) is 3. The van der Waals surface area contributed by atoms with E-state index >= 15 is 4.39 Å². The molecule has 4 atom stereocenters. The summed E-state index contributed by atoms with van der Waals surface area (Å²) in [5, 5.41) is 2.55. The zero-order chi connectivity index (χ0) is 36.3. The maximum Gasteiger partial charge on any atom is 0.319 e. The number of rotatable bonds is 9. The Morgan fingerprint density at radius 3 is 2.42 bits per heavy atom. The third-order valence-electron chi connectivity index (χ3n) is 11.3. The Bertz CT molecular complexity index is 1900. The van der Waals surface area contributed by atoms with Gasteiger partial charge >= 0.3 is 6.01 Å². The van der Waals surface area contributed by atoms with Crippen LogP contribution in [0.1, 0.15) is 46.5 Å². The number of aromatic nitrogens is 2. The zero-order valence-corrected chi connectivity index (χ0v) is 33.1. The van der Waals surface area contributed by atoms with E-state index in [4.69, 9.17) is 35.2 Å². The van der Waals surface area contributed by atoms with Gasteiger partial charge in [-0.1, -0.05) is 93.0 Å². The molecule has 0 radical (unpaired) electrons. The number of anilines is 1.